The highest BCUT2D eigenvalue weighted by Gasteiger charge is 2.35. The topological polar surface area (TPSA) is 69.3 Å². The monoisotopic (exact) mass is 494 g/mol. The summed E-state index contributed by atoms with van der Waals surface area (Å²) in [5.74, 6) is 2.42. The average Bonchev–Trinajstić information content (AvgIpc) is 3.77. The zero-order valence-electron chi connectivity index (χ0n) is 21.7. The van der Waals surface area contributed by atoms with Gasteiger partial charge < -0.3 is 29.2 Å². The van der Waals surface area contributed by atoms with Gasteiger partial charge in [-0.3, -0.25) is 4.79 Å². The maximum absolute atomic E-state index is 13.9. The molecule has 36 heavy (non-hydrogen) atoms. The molecule has 0 unspecified atom stereocenters. The van der Waals surface area contributed by atoms with E-state index in [0.29, 0.717) is 19.7 Å². The lowest BCUT2D eigenvalue weighted by Crippen LogP contribution is -2.39. The van der Waals surface area contributed by atoms with E-state index in [1.165, 1.54) is 0 Å². The Bertz CT molecular complexity index is 1020. The molecule has 1 aliphatic heterocycles. The van der Waals surface area contributed by atoms with E-state index in [2.05, 4.69) is 17.4 Å². The molecule has 2 aromatic carbocycles. The quantitative estimate of drug-likeness (QED) is 0.415. The van der Waals surface area contributed by atoms with E-state index in [0.717, 1.165) is 84.8 Å². The molecule has 1 heterocycles. The Morgan fingerprint density at radius 3 is 2.28 bits per heavy atom. The minimum atomic E-state index is 0.111. The summed E-state index contributed by atoms with van der Waals surface area (Å²) in [6, 6.07) is 14.2. The molecule has 7 nitrogen and oxygen atoms in total. The normalized spacial score (nSPS) is 15.5. The van der Waals surface area contributed by atoms with Crippen molar-refractivity contribution in [2.45, 2.75) is 44.7 Å². The molecule has 1 N–H and O–H groups in total. The van der Waals surface area contributed by atoms with E-state index in [1.54, 1.807) is 21.3 Å². The van der Waals surface area contributed by atoms with Gasteiger partial charge in [0, 0.05) is 44.5 Å². The molecule has 0 bridgehead atoms. The minimum absolute atomic E-state index is 0.111. The lowest BCUT2D eigenvalue weighted by Gasteiger charge is -2.28. The van der Waals surface area contributed by atoms with E-state index in [4.69, 9.17) is 18.9 Å². The van der Waals surface area contributed by atoms with Crippen molar-refractivity contribution in [3.63, 3.8) is 0 Å². The molecule has 1 amide bonds. The highest BCUT2D eigenvalue weighted by Crippen LogP contribution is 2.34. The van der Waals surface area contributed by atoms with Gasteiger partial charge in [-0.05, 0) is 79.6 Å². The van der Waals surface area contributed by atoms with E-state index < -0.39 is 0 Å². The first kappa shape index (κ1) is 26.0. The molecule has 0 spiro atoms. The van der Waals surface area contributed by atoms with E-state index in [1.807, 2.05) is 35.2 Å². The lowest BCUT2D eigenvalue weighted by atomic mass is 9.93. The zero-order chi connectivity index (χ0) is 25.3. The summed E-state index contributed by atoms with van der Waals surface area (Å²) in [5.41, 5.74) is 4.07. The molecule has 194 valence electrons. The second kappa shape index (κ2) is 12.8. The molecule has 1 fully saturated rings. The van der Waals surface area contributed by atoms with Crippen molar-refractivity contribution in [3.8, 4) is 17.2 Å². The maximum atomic E-state index is 13.9. The van der Waals surface area contributed by atoms with Crippen molar-refractivity contribution in [1.82, 2.24) is 10.2 Å². The number of methoxy groups -OCH3 is 3. The number of nitrogens with one attached hydrogen (secondary N) is 1. The molecule has 0 radical (unpaired) electrons. The van der Waals surface area contributed by atoms with Crippen LogP contribution in [0, 0.1) is 0 Å². The predicted molar refractivity (Wildman–Crippen MR) is 141 cm³/mol. The Kier molecular flexibility index (Phi) is 9.25. The lowest BCUT2D eigenvalue weighted by molar-refractivity contribution is -0.128. The van der Waals surface area contributed by atoms with Gasteiger partial charge in [-0.1, -0.05) is 12.1 Å². The van der Waals surface area contributed by atoms with Crippen LogP contribution in [0.2, 0.25) is 0 Å². The van der Waals surface area contributed by atoms with Gasteiger partial charge in [-0.25, -0.2) is 0 Å². The fraction of sp³-hybridized carbons (Fsp3) is 0.483. The Balaban J connectivity index is 1.51. The van der Waals surface area contributed by atoms with Crippen LogP contribution in [0.4, 0.5) is 0 Å². The average molecular weight is 495 g/mol. The summed E-state index contributed by atoms with van der Waals surface area (Å²) in [6.07, 6.45) is 4.85. The highest BCUT2D eigenvalue weighted by molar-refractivity contribution is 6.02. The number of amides is 1. The van der Waals surface area contributed by atoms with Crippen LogP contribution in [-0.4, -0.2) is 64.5 Å². The van der Waals surface area contributed by atoms with Crippen LogP contribution in [0.1, 0.15) is 43.2 Å². The van der Waals surface area contributed by atoms with Crippen LogP contribution in [0.5, 0.6) is 17.2 Å². The number of hydrogen-bond donors (Lipinski definition) is 1. The third-order valence-corrected chi connectivity index (χ3v) is 6.70. The number of nitrogens with zero attached hydrogens (tertiary/aromatic N) is 1. The highest BCUT2D eigenvalue weighted by atomic mass is 16.5. The van der Waals surface area contributed by atoms with Gasteiger partial charge in [0.2, 0.25) is 0 Å². The summed E-state index contributed by atoms with van der Waals surface area (Å²) in [7, 11) is 5.00. The Morgan fingerprint density at radius 2 is 1.64 bits per heavy atom. The van der Waals surface area contributed by atoms with Crippen LogP contribution < -0.4 is 19.5 Å². The number of hydrogen-bond acceptors (Lipinski definition) is 6. The molecular weight excluding hydrogens is 456 g/mol. The molecule has 0 saturated heterocycles. The molecule has 1 aliphatic carbocycles. The zero-order valence-corrected chi connectivity index (χ0v) is 21.7. The first-order chi connectivity index (χ1) is 17.6. The molecule has 1 saturated carbocycles. The summed E-state index contributed by atoms with van der Waals surface area (Å²) < 4.78 is 21.8. The largest absolute Gasteiger partial charge is 0.497 e. The van der Waals surface area contributed by atoms with Crippen molar-refractivity contribution in [1.29, 1.82) is 0 Å². The second-order valence-corrected chi connectivity index (χ2v) is 9.34. The molecular formula is C29H38N2O5. The number of benzene rings is 2. The number of carbonyl (C=O) groups is 1. The number of unbranched alkanes of at least 4 members (excludes halogenated alkanes) is 1. The van der Waals surface area contributed by atoms with Crippen LogP contribution in [-0.2, 0) is 16.1 Å². The van der Waals surface area contributed by atoms with E-state index >= 15 is 0 Å². The summed E-state index contributed by atoms with van der Waals surface area (Å²) in [4.78, 5) is 15.9. The van der Waals surface area contributed by atoms with Crippen molar-refractivity contribution >= 4 is 11.5 Å². The number of rotatable bonds is 13. The maximum Gasteiger partial charge on any atom is 0.251 e. The second-order valence-electron chi connectivity index (χ2n) is 9.34. The molecule has 0 atom stereocenters. The third-order valence-electron chi connectivity index (χ3n) is 6.70. The molecule has 4 rings (SSSR count). The minimum Gasteiger partial charge on any atom is -0.497 e. The van der Waals surface area contributed by atoms with Gasteiger partial charge in [0.15, 0.2) is 0 Å². The van der Waals surface area contributed by atoms with E-state index in [9.17, 15) is 4.79 Å². The van der Waals surface area contributed by atoms with Crippen molar-refractivity contribution in [2.24, 2.45) is 0 Å². The molecule has 2 aromatic rings. The van der Waals surface area contributed by atoms with Gasteiger partial charge in [-0.15, -0.1) is 0 Å². The summed E-state index contributed by atoms with van der Waals surface area (Å²) in [6.45, 7) is 3.40. The fourth-order valence-corrected chi connectivity index (χ4v) is 4.58. The standard InChI is InChI=1S/C29H38N2O5/c1-33-14-4-5-15-36-24-10-6-22(7-11-24)27-12-13-30-19-28(27)29(32)31(23-8-9-23)20-21-16-25(34-2)18-26(17-21)35-3/h6-7,10-11,16-18,23,30H,4-5,8-9,12-15,19-20H2,1-3H3. The third kappa shape index (κ3) is 6.80. The summed E-state index contributed by atoms with van der Waals surface area (Å²) >= 11 is 0. The molecule has 0 aromatic heterocycles. The van der Waals surface area contributed by atoms with Crippen molar-refractivity contribution < 1.29 is 23.7 Å². The Labute approximate surface area is 214 Å². The van der Waals surface area contributed by atoms with Gasteiger partial charge in [0.05, 0.1) is 20.8 Å². The van der Waals surface area contributed by atoms with Crippen LogP contribution in [0.25, 0.3) is 5.57 Å². The van der Waals surface area contributed by atoms with E-state index in [-0.39, 0.29) is 11.9 Å². The van der Waals surface area contributed by atoms with Gasteiger partial charge in [-0.2, -0.15) is 0 Å². The van der Waals surface area contributed by atoms with Crippen molar-refractivity contribution in [3.05, 3.63) is 59.2 Å². The summed E-state index contributed by atoms with van der Waals surface area (Å²) in [5, 5.41) is 3.41. The predicted octanol–water partition coefficient (Wildman–Crippen LogP) is 4.45. The van der Waals surface area contributed by atoms with Gasteiger partial charge >= 0.3 is 0 Å². The Morgan fingerprint density at radius 1 is 0.944 bits per heavy atom. The fourth-order valence-electron chi connectivity index (χ4n) is 4.58. The van der Waals surface area contributed by atoms with Gasteiger partial charge in [0.25, 0.3) is 5.91 Å². The molecule has 2 aliphatic rings. The van der Waals surface area contributed by atoms with Gasteiger partial charge in [0.1, 0.15) is 17.2 Å². The number of ether oxygens (including phenoxy) is 4. The van der Waals surface area contributed by atoms with Crippen LogP contribution in [0.3, 0.4) is 0 Å². The number of carbonyl (C=O) groups excluding carboxylic acids is 1. The smallest absolute Gasteiger partial charge is 0.251 e. The first-order valence-corrected chi connectivity index (χ1v) is 12.8. The SMILES string of the molecule is COCCCCOc1ccc(C2=C(C(=O)N(Cc3cc(OC)cc(OC)c3)C3CC3)CNCC2)cc1. The van der Waals surface area contributed by atoms with Crippen LogP contribution >= 0.6 is 0 Å². The Hall–Kier alpha value is -3.03. The van der Waals surface area contributed by atoms with Crippen LogP contribution in [0.15, 0.2) is 48.0 Å². The van der Waals surface area contributed by atoms with Crippen molar-refractivity contribution in [2.75, 3.05) is 47.6 Å². The molecule has 7 heteroatoms. The first-order valence-electron chi connectivity index (χ1n) is 12.8.